The molecule has 0 radical (unpaired) electrons. The minimum absolute atomic E-state index is 0.0556. The minimum Gasteiger partial charge on any atom is -0.374 e. The number of likely N-dealkylation sites (tertiary alicyclic amines) is 1. The van der Waals surface area contributed by atoms with Gasteiger partial charge in [-0.2, -0.15) is 5.26 Å². The van der Waals surface area contributed by atoms with E-state index in [1.165, 1.54) is 109 Å². The second-order valence-electron chi connectivity index (χ2n) is 22.4. The van der Waals surface area contributed by atoms with Gasteiger partial charge in [0, 0.05) is 52.5 Å². The quantitative estimate of drug-likeness (QED) is 0.256. The van der Waals surface area contributed by atoms with Crippen molar-refractivity contribution in [1.82, 2.24) is 25.4 Å². The summed E-state index contributed by atoms with van der Waals surface area (Å²) in [5, 5.41) is 24.5. The van der Waals surface area contributed by atoms with Crippen molar-refractivity contribution in [3.63, 3.8) is 0 Å². The molecule has 4 fully saturated rings. The number of aromatic nitrogens is 1. The molecule has 1 saturated carbocycles. The molecule has 11 aliphatic rings. The molecule has 17 atom stereocenters. The van der Waals surface area contributed by atoms with E-state index >= 15 is 0 Å². The van der Waals surface area contributed by atoms with Gasteiger partial charge < -0.3 is 9.30 Å². The molecule has 7 nitrogen and oxygen atoms in total. The number of ether oxygens (including phenoxy) is 1. The number of nitrogens with one attached hydrogen (secondary N) is 3. The van der Waals surface area contributed by atoms with Crippen molar-refractivity contribution in [1.29, 1.82) is 5.26 Å². The normalized spacial score (nSPS) is 44.1. The van der Waals surface area contributed by atoms with Crippen molar-refractivity contribution in [2.45, 2.75) is 197 Å². The summed E-state index contributed by atoms with van der Waals surface area (Å²) in [7, 11) is 0. The van der Waals surface area contributed by atoms with E-state index < -0.39 is 0 Å². The van der Waals surface area contributed by atoms with E-state index in [1.54, 1.807) is 0 Å². The summed E-state index contributed by atoms with van der Waals surface area (Å²) in [5.74, 6) is 3.67. The van der Waals surface area contributed by atoms with E-state index in [1.807, 2.05) is 0 Å². The number of nitrogens with zero attached hydrogens (tertiary/aromatic N) is 3. The molecule has 8 aliphatic carbocycles. The summed E-state index contributed by atoms with van der Waals surface area (Å²) in [6.45, 7) is 9.69. The third kappa shape index (κ3) is 6.89. The lowest BCUT2D eigenvalue weighted by Crippen LogP contribution is -2.71. The summed E-state index contributed by atoms with van der Waals surface area (Å²) < 4.78 is 9.86. The predicted molar refractivity (Wildman–Crippen MR) is 254 cm³/mol. The standard InChI is InChI=1S/C56H74N6O/c1-32-25-34(3)52-42(27-32)43-28-33(2)26-35(4)53(43)62(52)48-30-47(61-45-21-11-8-17-38(45)39-18-9-12-22-46(39)61)37(31-57)29-44(48)56-59-54(36-15-6-5-7-16-36)58-55(60-56)41-20-14-24-50-51(41)40-19-10-13-23-49(40)63-50/h10-13,15,21-22,27-29,34-35,37-41,45-51,54-56,58-60H,5-9,14,16-20,23-26,30H2,1-4H3. The van der Waals surface area contributed by atoms with Crippen molar-refractivity contribution in [3.8, 4) is 6.07 Å². The fourth-order valence-corrected chi connectivity index (χ4v) is 16.3. The topological polar surface area (TPSA) is 77.3 Å². The van der Waals surface area contributed by atoms with Crippen molar-refractivity contribution in [3.05, 3.63) is 93.4 Å². The number of rotatable bonds is 5. The largest absolute Gasteiger partial charge is 0.374 e. The maximum atomic E-state index is 11.5. The average Bonchev–Trinajstić information content (AvgIpc) is 3.97. The maximum Gasteiger partial charge on any atom is 0.0841 e. The Morgan fingerprint density at radius 2 is 1.41 bits per heavy atom. The van der Waals surface area contributed by atoms with Gasteiger partial charge in [-0.1, -0.05) is 92.2 Å². The molecule has 0 aromatic carbocycles. The van der Waals surface area contributed by atoms with Gasteiger partial charge in [-0.25, -0.2) is 0 Å². The van der Waals surface area contributed by atoms with Crippen LogP contribution >= 0.6 is 0 Å². The van der Waals surface area contributed by atoms with Crippen LogP contribution in [0.1, 0.15) is 171 Å². The Labute approximate surface area is 378 Å². The van der Waals surface area contributed by atoms with E-state index in [0.717, 1.165) is 38.5 Å². The molecule has 63 heavy (non-hydrogen) atoms. The van der Waals surface area contributed by atoms with E-state index in [0.29, 0.717) is 65.7 Å². The maximum absolute atomic E-state index is 11.5. The Balaban J connectivity index is 1.01. The first kappa shape index (κ1) is 41.2. The number of fused-ring (bicyclic) bond motifs is 9. The first-order valence-corrected chi connectivity index (χ1v) is 26.0. The lowest BCUT2D eigenvalue weighted by molar-refractivity contribution is -0.00565. The van der Waals surface area contributed by atoms with Crippen LogP contribution in [0.2, 0.25) is 0 Å². The molecule has 3 saturated heterocycles. The molecule has 3 N–H and O–H groups in total. The first-order valence-electron chi connectivity index (χ1n) is 26.0. The molecule has 7 heteroatoms. The van der Waals surface area contributed by atoms with Gasteiger partial charge in [0.15, 0.2) is 0 Å². The molecule has 334 valence electrons. The van der Waals surface area contributed by atoms with Gasteiger partial charge in [0.25, 0.3) is 0 Å². The molecule has 12 rings (SSSR count). The zero-order chi connectivity index (χ0) is 42.5. The van der Waals surface area contributed by atoms with Crippen molar-refractivity contribution < 1.29 is 4.74 Å². The van der Waals surface area contributed by atoms with E-state index in [2.05, 4.69) is 120 Å². The highest BCUT2D eigenvalue weighted by atomic mass is 16.5. The summed E-state index contributed by atoms with van der Waals surface area (Å²) in [6, 6.07) is 4.10. The minimum atomic E-state index is -0.191. The first-order chi connectivity index (χ1) is 30.8. The Morgan fingerprint density at radius 1 is 0.714 bits per heavy atom. The third-order valence-corrected chi connectivity index (χ3v) is 18.6. The van der Waals surface area contributed by atoms with E-state index in [4.69, 9.17) is 4.74 Å². The highest BCUT2D eigenvalue weighted by Crippen LogP contribution is 2.54. The fraction of sp³-hybridized carbons (Fsp3) is 0.661. The van der Waals surface area contributed by atoms with Gasteiger partial charge in [0.2, 0.25) is 0 Å². The SMILES string of the molecule is CC1=Cc2c3c(n(C4CC(N5C6C=CCCC6C6CCC=CC65)C(C#N)C=C4C4NC(C5=CCCCC5)NC(C5CCCC6OC7CC=CCC7C65)N4)c2C(C)C1)C(C)CC(C)=C3. The van der Waals surface area contributed by atoms with Gasteiger partial charge in [-0.05, 0) is 151 Å². The number of allylic oxidation sites excluding steroid dienone is 6. The van der Waals surface area contributed by atoms with Crippen LogP contribution in [0.15, 0.2) is 70.9 Å². The van der Waals surface area contributed by atoms with E-state index in [9.17, 15) is 5.26 Å². The molecule has 1 aromatic heterocycles. The van der Waals surface area contributed by atoms with Crippen LogP contribution in [0.5, 0.6) is 0 Å². The average molecular weight is 847 g/mol. The lowest BCUT2D eigenvalue weighted by atomic mass is 9.67. The van der Waals surface area contributed by atoms with Crippen LogP contribution in [0.4, 0.5) is 0 Å². The van der Waals surface area contributed by atoms with Gasteiger partial charge in [0.1, 0.15) is 0 Å². The van der Waals surface area contributed by atoms with Crippen LogP contribution in [0, 0.1) is 46.8 Å². The van der Waals surface area contributed by atoms with E-state index in [-0.39, 0.29) is 36.5 Å². The number of hydrogen-bond acceptors (Lipinski definition) is 6. The second-order valence-corrected chi connectivity index (χ2v) is 22.4. The van der Waals surface area contributed by atoms with Gasteiger partial charge >= 0.3 is 0 Å². The highest BCUT2D eigenvalue weighted by Gasteiger charge is 2.55. The Morgan fingerprint density at radius 3 is 2.10 bits per heavy atom. The molecule has 0 bridgehead atoms. The number of hydrogen-bond donors (Lipinski definition) is 3. The van der Waals surface area contributed by atoms with Crippen molar-refractivity contribution in [2.75, 3.05) is 0 Å². The zero-order valence-corrected chi connectivity index (χ0v) is 38.7. The van der Waals surface area contributed by atoms with Crippen LogP contribution < -0.4 is 16.0 Å². The summed E-state index contributed by atoms with van der Waals surface area (Å²) in [6.07, 6.45) is 44.8. The van der Waals surface area contributed by atoms with Crippen LogP contribution in [0.3, 0.4) is 0 Å². The van der Waals surface area contributed by atoms with Gasteiger partial charge in [-0.3, -0.25) is 20.9 Å². The predicted octanol–water partition coefficient (Wildman–Crippen LogP) is 11.1. The Bertz CT molecular complexity index is 2150. The summed E-state index contributed by atoms with van der Waals surface area (Å²) >= 11 is 0. The Hall–Kier alpha value is -3.25. The molecular formula is C56H74N6O. The van der Waals surface area contributed by atoms with Crippen LogP contribution in [-0.4, -0.2) is 58.3 Å². The smallest absolute Gasteiger partial charge is 0.0841 e. The lowest BCUT2D eigenvalue weighted by Gasteiger charge is -2.51. The zero-order valence-electron chi connectivity index (χ0n) is 38.7. The summed E-state index contributed by atoms with van der Waals surface area (Å²) in [5.41, 5.74) is 11.9. The summed E-state index contributed by atoms with van der Waals surface area (Å²) in [4.78, 5) is 2.90. The molecule has 0 amide bonds. The Kier molecular flexibility index (Phi) is 10.8. The van der Waals surface area contributed by atoms with Crippen molar-refractivity contribution in [2.24, 2.45) is 35.5 Å². The van der Waals surface area contributed by atoms with Gasteiger partial charge in [0.05, 0.1) is 48.7 Å². The molecule has 1 aromatic rings. The van der Waals surface area contributed by atoms with Gasteiger partial charge in [-0.15, -0.1) is 0 Å². The molecule has 0 spiro atoms. The fourth-order valence-electron chi connectivity index (χ4n) is 16.3. The monoisotopic (exact) mass is 847 g/mol. The third-order valence-electron chi connectivity index (χ3n) is 18.6. The van der Waals surface area contributed by atoms with Crippen molar-refractivity contribution >= 4 is 12.2 Å². The highest BCUT2D eigenvalue weighted by molar-refractivity contribution is 5.76. The number of nitriles is 1. The molecule has 4 heterocycles. The second kappa shape index (κ2) is 16.6. The molecular weight excluding hydrogens is 773 g/mol. The molecule has 3 aliphatic heterocycles. The van der Waals surface area contributed by atoms with Crippen LogP contribution in [0.25, 0.3) is 12.2 Å². The van der Waals surface area contributed by atoms with Crippen LogP contribution in [-0.2, 0) is 4.74 Å². The molecule has 17 unspecified atom stereocenters.